The molecule has 3 aromatic heterocycles. The van der Waals surface area contributed by atoms with Crippen LogP contribution >= 0.6 is 0 Å². The molecule has 0 aliphatic rings. The quantitative estimate of drug-likeness (QED) is 0.184. The van der Waals surface area contributed by atoms with Gasteiger partial charge in [0.05, 0.1) is 67.4 Å². The number of nitrogens with zero attached hydrogens (tertiary/aromatic N) is 5. The number of fused-ring (bicyclic) bond motifs is 9. The number of para-hydroxylation sites is 6. The van der Waals surface area contributed by atoms with E-state index in [2.05, 4.69) is 171 Å². The van der Waals surface area contributed by atoms with E-state index in [1.54, 1.807) is 0 Å². The monoisotopic (exact) mass is 699 g/mol. The zero-order chi connectivity index (χ0) is 36.6. The maximum Gasteiger partial charge on any atom is 0.101 e. The van der Waals surface area contributed by atoms with Crippen LogP contribution in [-0.2, 0) is 0 Å². The van der Waals surface area contributed by atoms with Crippen molar-refractivity contribution in [2.24, 2.45) is 0 Å². The van der Waals surface area contributed by atoms with Crippen molar-refractivity contribution < 1.29 is 0 Å². The second-order valence-corrected chi connectivity index (χ2v) is 14.0. The van der Waals surface area contributed by atoms with E-state index in [1.165, 1.54) is 10.8 Å². The van der Waals surface area contributed by atoms with E-state index in [-0.39, 0.29) is 0 Å². The van der Waals surface area contributed by atoms with Gasteiger partial charge in [0.25, 0.3) is 0 Å². The number of hydrogen-bond acceptors (Lipinski definition) is 2. The molecule has 0 aliphatic carbocycles. The first kappa shape index (κ1) is 30.7. The van der Waals surface area contributed by atoms with Gasteiger partial charge in [0.2, 0.25) is 0 Å². The second kappa shape index (κ2) is 11.8. The molecule has 11 aromatic rings. The third-order valence-electron chi connectivity index (χ3n) is 11.1. The highest BCUT2D eigenvalue weighted by Gasteiger charge is 2.22. The van der Waals surface area contributed by atoms with E-state index in [1.807, 2.05) is 30.3 Å². The minimum absolute atomic E-state index is 0.577. The van der Waals surface area contributed by atoms with Crippen molar-refractivity contribution in [1.82, 2.24) is 13.7 Å². The van der Waals surface area contributed by atoms with Crippen LogP contribution in [-0.4, -0.2) is 13.7 Å². The van der Waals surface area contributed by atoms with Gasteiger partial charge in [-0.2, -0.15) is 10.5 Å². The summed E-state index contributed by atoms with van der Waals surface area (Å²) < 4.78 is 6.89. The van der Waals surface area contributed by atoms with Gasteiger partial charge in [0.15, 0.2) is 0 Å². The molecule has 0 saturated heterocycles. The molecule has 0 fully saturated rings. The van der Waals surface area contributed by atoms with E-state index in [4.69, 9.17) is 0 Å². The summed E-state index contributed by atoms with van der Waals surface area (Å²) in [5.41, 5.74) is 12.4. The van der Waals surface area contributed by atoms with Gasteiger partial charge in [-0.25, -0.2) is 0 Å². The van der Waals surface area contributed by atoms with Crippen LogP contribution in [0.4, 0.5) is 0 Å². The molecule has 0 N–H and O–H groups in total. The highest BCUT2D eigenvalue weighted by molar-refractivity contribution is 6.15. The lowest BCUT2D eigenvalue weighted by Crippen LogP contribution is -2.03. The summed E-state index contributed by atoms with van der Waals surface area (Å²) in [7, 11) is 0. The van der Waals surface area contributed by atoms with Crippen LogP contribution in [0.25, 0.3) is 93.6 Å². The van der Waals surface area contributed by atoms with Crippen LogP contribution in [0.15, 0.2) is 176 Å². The van der Waals surface area contributed by atoms with Crippen molar-refractivity contribution in [3.05, 3.63) is 187 Å². The molecule has 5 heteroatoms. The molecular weight excluding hydrogens is 671 g/mol. The van der Waals surface area contributed by atoms with Crippen molar-refractivity contribution in [1.29, 1.82) is 10.5 Å². The first-order valence-corrected chi connectivity index (χ1v) is 18.3. The molecule has 254 valence electrons. The summed E-state index contributed by atoms with van der Waals surface area (Å²) in [5.74, 6) is 0. The van der Waals surface area contributed by atoms with Gasteiger partial charge in [0.1, 0.15) is 6.07 Å². The molecule has 0 amide bonds. The fourth-order valence-corrected chi connectivity index (χ4v) is 8.82. The smallest absolute Gasteiger partial charge is 0.101 e. The van der Waals surface area contributed by atoms with Gasteiger partial charge in [-0.05, 0) is 72.3 Å². The Bertz CT molecular complexity index is 3420. The van der Waals surface area contributed by atoms with Gasteiger partial charge >= 0.3 is 0 Å². The Kier molecular flexibility index (Phi) is 6.61. The summed E-state index contributed by atoms with van der Waals surface area (Å²) in [4.78, 5) is 0. The number of rotatable bonds is 4. The lowest BCUT2D eigenvalue weighted by Gasteiger charge is -2.17. The molecule has 11 rings (SSSR count). The molecule has 0 aliphatic heterocycles. The molecule has 0 atom stereocenters. The lowest BCUT2D eigenvalue weighted by atomic mass is 10.00. The van der Waals surface area contributed by atoms with E-state index in [0.717, 1.165) is 82.8 Å². The fourth-order valence-electron chi connectivity index (χ4n) is 8.82. The lowest BCUT2D eigenvalue weighted by molar-refractivity contribution is 1.12. The van der Waals surface area contributed by atoms with Crippen LogP contribution in [0.1, 0.15) is 11.1 Å². The first-order chi connectivity index (χ1) is 27.2. The van der Waals surface area contributed by atoms with E-state index in [9.17, 15) is 10.5 Å². The van der Waals surface area contributed by atoms with E-state index >= 15 is 0 Å². The van der Waals surface area contributed by atoms with Gasteiger partial charge in [-0.15, -0.1) is 0 Å². The Morgan fingerprint density at radius 1 is 0.345 bits per heavy atom. The topological polar surface area (TPSA) is 62.4 Å². The Balaban J connectivity index is 1.17. The maximum absolute atomic E-state index is 11.0. The van der Waals surface area contributed by atoms with Crippen molar-refractivity contribution in [2.45, 2.75) is 0 Å². The molecule has 0 bridgehead atoms. The van der Waals surface area contributed by atoms with Crippen LogP contribution in [0.2, 0.25) is 0 Å². The van der Waals surface area contributed by atoms with Gasteiger partial charge in [-0.1, -0.05) is 109 Å². The van der Waals surface area contributed by atoms with Gasteiger partial charge < -0.3 is 13.7 Å². The molecule has 5 nitrogen and oxygen atoms in total. The number of hydrogen-bond donors (Lipinski definition) is 0. The SMILES string of the molecule is N#Cc1ccc2c(c1)c1ccccc1n2-c1cccc2c3ccccc3n(-c3ccc(-c4ccccc4-n4c5ccccc5c5ccccc54)cc3C#N)c12. The Hall–Kier alpha value is -7.86. The van der Waals surface area contributed by atoms with Crippen LogP contribution in [0, 0.1) is 22.7 Å². The highest BCUT2D eigenvalue weighted by Crippen LogP contribution is 2.42. The molecular formula is C50H29N5. The maximum atomic E-state index is 11.0. The van der Waals surface area contributed by atoms with Crippen LogP contribution < -0.4 is 0 Å². The van der Waals surface area contributed by atoms with Crippen molar-refractivity contribution in [2.75, 3.05) is 0 Å². The standard InChI is InChI=1S/C50H29N5/c51-30-32-24-26-48-41(28-32)39-16-5-9-21-46(39)54(48)49-23-11-17-40-38-15-4-10-22-47(38)55(50(40)49)42-27-25-33(29-34(42)31-52)35-12-1-6-18-43(35)53-44-19-7-2-13-36(44)37-14-3-8-20-45(37)53/h1-29H. The van der Waals surface area contributed by atoms with Crippen molar-refractivity contribution in [3.8, 4) is 40.3 Å². The Morgan fingerprint density at radius 2 is 0.855 bits per heavy atom. The average Bonchev–Trinajstić information content (AvgIpc) is 3.89. The molecule has 0 unspecified atom stereocenters. The Morgan fingerprint density at radius 3 is 1.51 bits per heavy atom. The number of benzene rings is 8. The minimum Gasteiger partial charge on any atom is -0.309 e. The number of nitriles is 2. The summed E-state index contributed by atoms with van der Waals surface area (Å²) in [6.45, 7) is 0. The molecule has 0 saturated carbocycles. The summed E-state index contributed by atoms with van der Waals surface area (Å²) in [5, 5.41) is 27.5. The zero-order valence-corrected chi connectivity index (χ0v) is 29.5. The largest absolute Gasteiger partial charge is 0.309 e. The van der Waals surface area contributed by atoms with E-state index < -0.39 is 0 Å². The number of aromatic nitrogens is 3. The summed E-state index contributed by atoms with van der Waals surface area (Å²) >= 11 is 0. The van der Waals surface area contributed by atoms with Gasteiger partial charge in [-0.3, -0.25) is 0 Å². The van der Waals surface area contributed by atoms with Crippen molar-refractivity contribution >= 4 is 65.4 Å². The Labute approximate surface area is 316 Å². The highest BCUT2D eigenvalue weighted by atomic mass is 15.1. The second-order valence-electron chi connectivity index (χ2n) is 14.0. The van der Waals surface area contributed by atoms with E-state index in [0.29, 0.717) is 11.1 Å². The predicted octanol–water partition coefficient (Wildman–Crippen LogP) is 12.4. The first-order valence-electron chi connectivity index (χ1n) is 18.3. The molecule has 8 aromatic carbocycles. The summed E-state index contributed by atoms with van der Waals surface area (Å²) in [6.07, 6.45) is 0. The van der Waals surface area contributed by atoms with Crippen LogP contribution in [0.5, 0.6) is 0 Å². The van der Waals surface area contributed by atoms with Gasteiger partial charge in [0, 0.05) is 37.9 Å². The minimum atomic E-state index is 0.577. The summed E-state index contributed by atoms with van der Waals surface area (Å²) in [6, 6.07) is 65.9. The molecule has 55 heavy (non-hydrogen) atoms. The predicted molar refractivity (Wildman–Crippen MR) is 224 cm³/mol. The fraction of sp³-hybridized carbons (Fsp3) is 0. The molecule has 0 radical (unpaired) electrons. The van der Waals surface area contributed by atoms with Crippen LogP contribution in [0.3, 0.4) is 0 Å². The zero-order valence-electron chi connectivity index (χ0n) is 29.5. The third kappa shape index (κ3) is 4.39. The normalized spacial score (nSPS) is 11.6. The third-order valence-corrected chi connectivity index (χ3v) is 11.1. The molecule has 3 heterocycles. The molecule has 0 spiro atoms. The van der Waals surface area contributed by atoms with Crippen molar-refractivity contribution in [3.63, 3.8) is 0 Å². The average molecular weight is 700 g/mol.